The van der Waals surface area contributed by atoms with E-state index >= 15 is 0 Å². The number of rotatable bonds is 8. The normalized spacial score (nSPS) is 11.5. The number of aromatic amines is 1. The fourth-order valence-corrected chi connectivity index (χ4v) is 3.84. The van der Waals surface area contributed by atoms with Gasteiger partial charge in [-0.2, -0.15) is 0 Å². The van der Waals surface area contributed by atoms with Crippen LogP contribution in [0.25, 0.3) is 22.2 Å². The fraction of sp³-hybridized carbons (Fsp3) is 0.409. The number of carbonyl (C=O) groups is 1. The molecule has 10 heteroatoms. The Hall–Kier alpha value is -3.69. The van der Waals surface area contributed by atoms with Gasteiger partial charge in [-0.1, -0.05) is 32.4 Å². The molecule has 0 saturated heterocycles. The van der Waals surface area contributed by atoms with Crippen LogP contribution in [-0.4, -0.2) is 34.6 Å². The Morgan fingerprint density at radius 3 is 2.62 bits per heavy atom. The summed E-state index contributed by atoms with van der Waals surface area (Å²) in [5, 5.41) is 0. The van der Waals surface area contributed by atoms with Gasteiger partial charge in [0.1, 0.15) is 24.8 Å². The van der Waals surface area contributed by atoms with Crippen LogP contribution in [0.1, 0.15) is 38.3 Å². The van der Waals surface area contributed by atoms with E-state index in [4.69, 9.17) is 4.74 Å². The van der Waals surface area contributed by atoms with Crippen molar-refractivity contribution in [3.05, 3.63) is 56.8 Å². The molecule has 3 aromatic heterocycles. The number of carbonyl (C=O) groups excluding carboxylic acids is 1. The molecule has 0 bridgehead atoms. The molecule has 0 fully saturated rings. The number of esters is 1. The van der Waals surface area contributed by atoms with E-state index in [0.717, 1.165) is 29.7 Å². The summed E-state index contributed by atoms with van der Waals surface area (Å²) >= 11 is 0. The van der Waals surface area contributed by atoms with Crippen LogP contribution in [0.3, 0.4) is 0 Å². The first-order valence-corrected chi connectivity index (χ1v) is 10.7. The second kappa shape index (κ2) is 8.81. The number of benzene rings is 1. The summed E-state index contributed by atoms with van der Waals surface area (Å²) < 4.78 is 10.3. The third kappa shape index (κ3) is 3.83. The Morgan fingerprint density at radius 2 is 1.88 bits per heavy atom. The maximum atomic E-state index is 12.6. The molecular formula is C22H26N6O4. The predicted molar refractivity (Wildman–Crippen MR) is 119 cm³/mol. The van der Waals surface area contributed by atoms with Crippen LogP contribution in [0.15, 0.2) is 33.9 Å². The van der Waals surface area contributed by atoms with Crippen LogP contribution >= 0.6 is 0 Å². The lowest BCUT2D eigenvalue weighted by Gasteiger charge is -2.08. The van der Waals surface area contributed by atoms with Gasteiger partial charge in [0.25, 0.3) is 5.56 Å². The standard InChI is InChI=1S/C22H26N6O4/c1-4-6-11-27-20-19(21(30)25-22(27)31)26(3)17(24-20)13-32-18(29)12-28-15-10-8-7-9-14(15)23-16(28)5-2/h7-10H,4-6,11-13H2,1-3H3,(H,25,30,31). The van der Waals surface area contributed by atoms with E-state index in [2.05, 4.69) is 15.0 Å². The summed E-state index contributed by atoms with van der Waals surface area (Å²) in [6.45, 7) is 4.37. The van der Waals surface area contributed by atoms with E-state index in [0.29, 0.717) is 24.4 Å². The Balaban J connectivity index is 1.58. The molecule has 3 heterocycles. The van der Waals surface area contributed by atoms with Crippen molar-refractivity contribution in [3.63, 3.8) is 0 Å². The van der Waals surface area contributed by atoms with Gasteiger partial charge in [-0.15, -0.1) is 0 Å². The maximum absolute atomic E-state index is 12.6. The number of ether oxygens (including phenoxy) is 1. The molecule has 32 heavy (non-hydrogen) atoms. The highest BCUT2D eigenvalue weighted by molar-refractivity contribution is 5.79. The van der Waals surface area contributed by atoms with Gasteiger partial charge in [-0.3, -0.25) is 19.1 Å². The molecule has 0 unspecified atom stereocenters. The molecular weight excluding hydrogens is 412 g/mol. The minimum Gasteiger partial charge on any atom is -0.456 e. The summed E-state index contributed by atoms with van der Waals surface area (Å²) in [6, 6.07) is 7.64. The van der Waals surface area contributed by atoms with E-state index in [1.807, 2.05) is 42.7 Å². The summed E-state index contributed by atoms with van der Waals surface area (Å²) in [4.78, 5) is 48.6. The average molecular weight is 438 g/mol. The van der Waals surface area contributed by atoms with E-state index in [9.17, 15) is 14.4 Å². The van der Waals surface area contributed by atoms with Crippen molar-refractivity contribution in [1.82, 2.24) is 28.7 Å². The van der Waals surface area contributed by atoms with Crippen molar-refractivity contribution in [1.29, 1.82) is 0 Å². The summed E-state index contributed by atoms with van der Waals surface area (Å²) in [7, 11) is 1.67. The second-order valence-corrected chi connectivity index (χ2v) is 7.64. The molecule has 0 aliphatic heterocycles. The highest BCUT2D eigenvalue weighted by Crippen LogP contribution is 2.17. The molecule has 0 saturated carbocycles. The molecule has 1 N–H and O–H groups in total. The van der Waals surface area contributed by atoms with E-state index in [1.54, 1.807) is 11.6 Å². The number of hydrogen-bond acceptors (Lipinski definition) is 6. The van der Waals surface area contributed by atoms with Gasteiger partial charge in [-0.05, 0) is 18.6 Å². The molecule has 168 valence electrons. The quantitative estimate of drug-likeness (QED) is 0.420. The zero-order chi connectivity index (χ0) is 22.8. The minimum absolute atomic E-state index is 0.0232. The van der Waals surface area contributed by atoms with Crippen molar-refractivity contribution >= 4 is 28.2 Å². The third-order valence-corrected chi connectivity index (χ3v) is 5.54. The van der Waals surface area contributed by atoms with Crippen molar-refractivity contribution in [2.24, 2.45) is 7.05 Å². The summed E-state index contributed by atoms with van der Waals surface area (Å²) in [6.07, 6.45) is 2.36. The number of aromatic nitrogens is 6. The first-order chi connectivity index (χ1) is 15.4. The van der Waals surface area contributed by atoms with Crippen molar-refractivity contribution < 1.29 is 9.53 Å². The van der Waals surface area contributed by atoms with Crippen molar-refractivity contribution in [2.45, 2.75) is 52.8 Å². The number of hydrogen-bond donors (Lipinski definition) is 1. The van der Waals surface area contributed by atoms with E-state index < -0.39 is 17.2 Å². The van der Waals surface area contributed by atoms with Gasteiger partial charge in [0.2, 0.25) is 0 Å². The van der Waals surface area contributed by atoms with Crippen LogP contribution in [0, 0.1) is 0 Å². The maximum Gasteiger partial charge on any atom is 0.330 e. The second-order valence-electron chi connectivity index (χ2n) is 7.64. The molecule has 10 nitrogen and oxygen atoms in total. The van der Waals surface area contributed by atoms with Gasteiger partial charge in [0.15, 0.2) is 11.2 Å². The summed E-state index contributed by atoms with van der Waals surface area (Å²) in [5.74, 6) is 0.755. The van der Waals surface area contributed by atoms with Crippen LogP contribution in [0.5, 0.6) is 0 Å². The Labute approximate surface area is 183 Å². The molecule has 1 aromatic carbocycles. The minimum atomic E-state index is -0.511. The van der Waals surface area contributed by atoms with Gasteiger partial charge in [0.05, 0.1) is 11.0 Å². The Bertz CT molecular complexity index is 1410. The van der Waals surface area contributed by atoms with E-state index in [-0.39, 0.29) is 18.7 Å². The number of aryl methyl sites for hydroxylation is 3. The molecule has 4 aromatic rings. The molecule has 0 spiro atoms. The molecule has 4 rings (SSSR count). The highest BCUT2D eigenvalue weighted by atomic mass is 16.5. The molecule has 0 atom stereocenters. The fourth-order valence-electron chi connectivity index (χ4n) is 3.84. The molecule has 0 aliphatic rings. The van der Waals surface area contributed by atoms with Crippen molar-refractivity contribution in [3.8, 4) is 0 Å². The number of H-pyrrole nitrogens is 1. The number of imidazole rings is 2. The largest absolute Gasteiger partial charge is 0.456 e. The first-order valence-electron chi connectivity index (χ1n) is 10.7. The number of para-hydroxylation sites is 2. The number of nitrogens with zero attached hydrogens (tertiary/aromatic N) is 5. The number of nitrogens with one attached hydrogen (secondary N) is 1. The monoisotopic (exact) mass is 438 g/mol. The Kier molecular flexibility index (Phi) is 5.93. The Morgan fingerprint density at radius 1 is 1.09 bits per heavy atom. The zero-order valence-corrected chi connectivity index (χ0v) is 18.4. The highest BCUT2D eigenvalue weighted by Gasteiger charge is 2.18. The van der Waals surface area contributed by atoms with Gasteiger partial charge >= 0.3 is 11.7 Å². The van der Waals surface area contributed by atoms with Gasteiger partial charge in [0, 0.05) is 20.0 Å². The predicted octanol–water partition coefficient (Wildman–Crippen LogP) is 1.88. The van der Waals surface area contributed by atoms with Gasteiger partial charge in [-0.25, -0.2) is 14.8 Å². The van der Waals surface area contributed by atoms with E-state index in [1.165, 1.54) is 4.57 Å². The number of fused-ring (bicyclic) bond motifs is 2. The zero-order valence-electron chi connectivity index (χ0n) is 18.4. The summed E-state index contributed by atoms with van der Waals surface area (Å²) in [5.41, 5.74) is 1.28. The van der Waals surface area contributed by atoms with Gasteiger partial charge < -0.3 is 13.9 Å². The van der Waals surface area contributed by atoms with Crippen LogP contribution < -0.4 is 11.2 Å². The molecule has 0 radical (unpaired) electrons. The van der Waals surface area contributed by atoms with Crippen LogP contribution in [-0.2, 0) is 42.7 Å². The lowest BCUT2D eigenvalue weighted by molar-refractivity contribution is -0.145. The van der Waals surface area contributed by atoms with Crippen molar-refractivity contribution in [2.75, 3.05) is 0 Å². The third-order valence-electron chi connectivity index (χ3n) is 5.54. The average Bonchev–Trinajstić information content (AvgIpc) is 3.30. The topological polar surface area (TPSA) is 117 Å². The SMILES string of the molecule is CCCCn1c(=O)[nH]c(=O)c2c1nc(COC(=O)Cn1c(CC)nc3ccccc31)n2C. The molecule has 0 amide bonds. The first kappa shape index (κ1) is 21.5. The lowest BCUT2D eigenvalue weighted by Crippen LogP contribution is -2.31. The van der Waals surface area contributed by atoms with Crippen LogP contribution in [0.4, 0.5) is 0 Å². The smallest absolute Gasteiger partial charge is 0.330 e. The van der Waals surface area contributed by atoms with Crippen LogP contribution in [0.2, 0.25) is 0 Å². The number of unbranched alkanes of at least 4 members (excludes halogenated alkanes) is 1. The molecule has 0 aliphatic carbocycles. The lowest BCUT2D eigenvalue weighted by atomic mass is 10.3.